The van der Waals surface area contributed by atoms with Gasteiger partial charge in [0.25, 0.3) is 5.91 Å². The highest BCUT2D eigenvalue weighted by molar-refractivity contribution is 8.00. The Morgan fingerprint density at radius 1 is 0.906 bits per heavy atom. The van der Waals surface area contributed by atoms with Gasteiger partial charge < -0.3 is 19.8 Å². The smallest absolute Gasteiger partial charge is 0.418 e. The van der Waals surface area contributed by atoms with Crippen LogP contribution in [0.1, 0.15) is 33.9 Å². The van der Waals surface area contributed by atoms with Crippen molar-refractivity contribution in [2.45, 2.75) is 35.0 Å². The number of fused-ring (bicyclic) bond motifs is 9. The van der Waals surface area contributed by atoms with Crippen LogP contribution in [-0.2, 0) is 26.7 Å². The van der Waals surface area contributed by atoms with Gasteiger partial charge in [-0.1, -0.05) is 35.6 Å². The van der Waals surface area contributed by atoms with Gasteiger partial charge in [0, 0.05) is 16.0 Å². The number of hydrogen-bond acceptors (Lipinski definition) is 8. The van der Waals surface area contributed by atoms with Crippen molar-refractivity contribution in [3.63, 3.8) is 0 Å². The fourth-order valence-corrected chi connectivity index (χ4v) is 11.5. The number of carbonyl (C=O) groups excluding carboxylic acids is 3. The molecule has 53 heavy (non-hydrogen) atoms. The molecule has 3 aromatic carbocycles. The van der Waals surface area contributed by atoms with E-state index in [-0.39, 0.29) is 45.1 Å². The third-order valence-electron chi connectivity index (χ3n) is 10.6. The first-order valence-electron chi connectivity index (χ1n) is 16.4. The molecule has 0 radical (unpaired) electrons. The van der Waals surface area contributed by atoms with Crippen LogP contribution in [0.5, 0.6) is 11.5 Å². The summed E-state index contributed by atoms with van der Waals surface area (Å²) in [5, 5.41) is 2.66. The van der Waals surface area contributed by atoms with E-state index < -0.39 is 71.2 Å². The molecule has 2 aliphatic heterocycles. The zero-order valence-corrected chi connectivity index (χ0v) is 28.9. The van der Waals surface area contributed by atoms with Crippen LogP contribution in [0.25, 0.3) is 0 Å². The highest BCUT2D eigenvalue weighted by atomic mass is 32.2. The molecule has 3 heterocycles. The Balaban J connectivity index is 1.07. The Morgan fingerprint density at radius 3 is 2.36 bits per heavy atom. The van der Waals surface area contributed by atoms with E-state index in [1.165, 1.54) is 43.1 Å². The van der Waals surface area contributed by atoms with Crippen molar-refractivity contribution in [3.05, 3.63) is 98.0 Å². The number of H-pyrrole nitrogens is 1. The highest BCUT2D eigenvalue weighted by Crippen LogP contribution is 2.69. The number of aromatic nitrogens is 1. The van der Waals surface area contributed by atoms with Crippen molar-refractivity contribution in [2.24, 2.45) is 29.6 Å². The van der Waals surface area contributed by atoms with E-state index in [0.29, 0.717) is 17.0 Å². The summed E-state index contributed by atoms with van der Waals surface area (Å²) in [6.45, 7) is -0.637. The SMILES string of the molecule is COc1cc([C@H]2c3sc(=O)[nH]c3SC3C4CC(C5C(=O)N(c6cccc(C(F)(F)F)c6)C(=O)C45)C32)ccc1OCC(=O)Nc1ccccc1C(F)(F)F. The van der Waals surface area contributed by atoms with Crippen LogP contribution in [0.2, 0.25) is 0 Å². The molecule has 1 aromatic heterocycles. The Labute approximate surface area is 304 Å². The molecule has 1 saturated heterocycles. The first-order valence-corrected chi connectivity index (χ1v) is 18.1. The van der Waals surface area contributed by atoms with Gasteiger partial charge in [-0.15, -0.1) is 11.8 Å². The molecular formula is C36H27F6N3O6S2. The maximum Gasteiger partial charge on any atom is 0.418 e. The van der Waals surface area contributed by atoms with E-state index in [4.69, 9.17) is 9.47 Å². The maximum atomic E-state index is 14.0. The Kier molecular flexibility index (Phi) is 8.44. The number of methoxy groups -OCH3 is 1. The first kappa shape index (κ1) is 35.3. The number of aromatic amines is 1. The van der Waals surface area contributed by atoms with Crippen LogP contribution in [0.3, 0.4) is 0 Å². The number of nitrogens with zero attached hydrogens (tertiary/aromatic N) is 1. The second kappa shape index (κ2) is 12.7. The predicted molar refractivity (Wildman–Crippen MR) is 181 cm³/mol. The molecule has 17 heteroatoms. The molecule has 3 amide bonds. The molecule has 2 saturated carbocycles. The van der Waals surface area contributed by atoms with E-state index in [2.05, 4.69) is 10.3 Å². The number of rotatable bonds is 7. The molecule has 8 rings (SSSR count). The third-order valence-corrected chi connectivity index (χ3v) is 13.2. The van der Waals surface area contributed by atoms with Crippen molar-refractivity contribution < 1.29 is 50.2 Å². The van der Waals surface area contributed by atoms with Gasteiger partial charge in [0.1, 0.15) is 0 Å². The van der Waals surface area contributed by atoms with Gasteiger partial charge in [0.2, 0.25) is 11.8 Å². The summed E-state index contributed by atoms with van der Waals surface area (Å²) in [4.78, 5) is 57.4. The van der Waals surface area contributed by atoms with Gasteiger partial charge in [-0.3, -0.25) is 24.1 Å². The number of imide groups is 1. The number of thioether (sulfide) groups is 1. The summed E-state index contributed by atoms with van der Waals surface area (Å²) in [5.41, 5.74) is -1.83. The van der Waals surface area contributed by atoms with E-state index in [0.717, 1.165) is 45.4 Å². The summed E-state index contributed by atoms with van der Waals surface area (Å²) in [6, 6.07) is 13.7. The summed E-state index contributed by atoms with van der Waals surface area (Å²) in [5.74, 6) is -4.33. The van der Waals surface area contributed by atoms with E-state index in [9.17, 15) is 45.5 Å². The highest BCUT2D eigenvalue weighted by Gasteiger charge is 2.69. The fraction of sp³-hybridized carbons (Fsp3) is 0.333. The van der Waals surface area contributed by atoms with Crippen molar-refractivity contribution in [1.29, 1.82) is 0 Å². The quantitative estimate of drug-likeness (QED) is 0.151. The summed E-state index contributed by atoms with van der Waals surface area (Å²) in [6.07, 6.45) is -8.80. The number of nitrogens with one attached hydrogen (secondary N) is 2. The molecule has 6 unspecified atom stereocenters. The monoisotopic (exact) mass is 775 g/mol. The number of hydrogen-bond donors (Lipinski definition) is 2. The first-order chi connectivity index (χ1) is 25.2. The minimum absolute atomic E-state index is 0.126. The molecule has 4 aromatic rings. The zero-order valence-electron chi connectivity index (χ0n) is 27.3. The molecule has 2 bridgehead atoms. The molecule has 2 N–H and O–H groups in total. The number of anilines is 2. The molecule has 3 fully saturated rings. The van der Waals surface area contributed by atoms with Crippen LogP contribution in [0, 0.1) is 29.6 Å². The molecule has 0 spiro atoms. The normalized spacial score (nSPS) is 25.9. The largest absolute Gasteiger partial charge is 0.493 e. The molecule has 9 nitrogen and oxygen atoms in total. The lowest BCUT2D eigenvalue weighted by Gasteiger charge is -2.43. The minimum atomic E-state index is -4.68. The number of thiazole rings is 1. The van der Waals surface area contributed by atoms with Gasteiger partial charge in [-0.05, 0) is 72.2 Å². The Hall–Kier alpha value is -4.77. The Bertz CT molecular complexity index is 2220. The summed E-state index contributed by atoms with van der Waals surface area (Å²) >= 11 is 2.47. The average Bonchev–Trinajstić information content (AvgIpc) is 3.85. The predicted octanol–water partition coefficient (Wildman–Crippen LogP) is 7.18. The number of ether oxygens (including phenoxy) is 2. The lowest BCUT2D eigenvalue weighted by Crippen LogP contribution is -2.42. The van der Waals surface area contributed by atoms with Crippen LogP contribution in [0.4, 0.5) is 37.7 Å². The number of benzene rings is 3. The van der Waals surface area contributed by atoms with Gasteiger partial charge in [0.15, 0.2) is 18.1 Å². The van der Waals surface area contributed by atoms with Crippen LogP contribution < -0.4 is 24.6 Å². The molecule has 276 valence electrons. The number of carbonyl (C=O) groups is 3. The van der Waals surface area contributed by atoms with Crippen molar-refractivity contribution >= 4 is 52.2 Å². The van der Waals surface area contributed by atoms with Gasteiger partial charge >= 0.3 is 17.2 Å². The topological polar surface area (TPSA) is 118 Å². The van der Waals surface area contributed by atoms with Crippen molar-refractivity contribution in [1.82, 2.24) is 4.98 Å². The zero-order chi connectivity index (χ0) is 37.6. The number of alkyl halides is 6. The Morgan fingerprint density at radius 2 is 1.64 bits per heavy atom. The molecule has 7 atom stereocenters. The van der Waals surface area contributed by atoms with Gasteiger partial charge in [-0.2, -0.15) is 26.3 Å². The van der Waals surface area contributed by atoms with Gasteiger partial charge in [0.05, 0.1) is 46.5 Å². The van der Waals surface area contributed by atoms with E-state index >= 15 is 0 Å². The third kappa shape index (κ3) is 5.88. The summed E-state index contributed by atoms with van der Waals surface area (Å²) in [7, 11) is 1.37. The second-order valence-corrected chi connectivity index (χ2v) is 15.5. The standard InChI is InChI=1S/C36H27F6N3O6S2/c1-50-23-11-15(9-10-22(23)51-14-24(46)43-21-8-3-2-7-20(21)36(40,41)42)25-26-18-13-19(29(26)52-31-30(25)53-34(49)44-31)28-27(18)32(47)45(33(28)48)17-6-4-5-16(12-17)35(37,38)39/h2-12,18-19,25-29H,13-14H2,1H3,(H,43,46)(H,44,49)/t18?,19?,25-,26?,27?,28?,29?/m1/s1. The van der Waals surface area contributed by atoms with Crippen LogP contribution >= 0.6 is 23.1 Å². The lowest BCUT2D eigenvalue weighted by atomic mass is 9.68. The average molecular weight is 776 g/mol. The number of halogens is 6. The van der Waals surface area contributed by atoms with Crippen LogP contribution in [-0.4, -0.2) is 41.7 Å². The number of para-hydroxylation sites is 1. The summed E-state index contributed by atoms with van der Waals surface area (Å²) < 4.78 is 92.2. The second-order valence-electron chi connectivity index (χ2n) is 13.3. The molecule has 2 aliphatic carbocycles. The van der Waals surface area contributed by atoms with E-state index in [1.807, 2.05) is 0 Å². The van der Waals surface area contributed by atoms with Crippen molar-refractivity contribution in [3.8, 4) is 11.5 Å². The fourth-order valence-electron chi connectivity index (χ4n) is 8.63. The van der Waals surface area contributed by atoms with Crippen molar-refractivity contribution in [2.75, 3.05) is 23.9 Å². The van der Waals surface area contributed by atoms with Gasteiger partial charge in [-0.25, -0.2) is 0 Å². The van der Waals surface area contributed by atoms with E-state index in [1.54, 1.807) is 18.2 Å². The minimum Gasteiger partial charge on any atom is -0.493 e. The molecule has 4 aliphatic rings. The number of amides is 3. The maximum absolute atomic E-state index is 14.0. The van der Waals surface area contributed by atoms with Crippen LogP contribution in [0.15, 0.2) is 76.6 Å². The lowest BCUT2D eigenvalue weighted by molar-refractivity contribution is -0.138. The molecular weight excluding hydrogens is 749 g/mol.